The molecule has 17 heavy (non-hydrogen) atoms. The first-order chi connectivity index (χ1) is 8.08. The highest BCUT2D eigenvalue weighted by Gasteiger charge is 2.17. The Bertz CT molecular complexity index is 532. The fourth-order valence-corrected chi connectivity index (χ4v) is 1.75. The van der Waals surface area contributed by atoms with Crippen LogP contribution in [0.15, 0.2) is 29.1 Å². The fraction of sp³-hybridized carbons (Fsp3) is 0.273. The van der Waals surface area contributed by atoms with E-state index < -0.39 is 0 Å². The number of halogens is 1. The van der Waals surface area contributed by atoms with Gasteiger partial charge in [-0.15, -0.1) is 0 Å². The molecule has 0 spiro atoms. The number of rotatable bonds is 3. The normalized spacial score (nSPS) is 10.5. The zero-order valence-corrected chi connectivity index (χ0v) is 10.3. The highest BCUT2D eigenvalue weighted by molar-refractivity contribution is 6.32. The van der Waals surface area contributed by atoms with Crippen molar-refractivity contribution in [1.82, 2.24) is 14.7 Å². The molecule has 0 N–H and O–H groups in total. The number of carbonyl (C=O) groups is 1. The third-order valence-corrected chi connectivity index (χ3v) is 2.67. The van der Waals surface area contributed by atoms with E-state index in [0.29, 0.717) is 12.1 Å². The summed E-state index contributed by atoms with van der Waals surface area (Å²) < 4.78 is 6.58. The van der Waals surface area contributed by atoms with Crippen LogP contribution in [0.25, 0.3) is 0 Å². The molecular weight excluding hydrogens is 242 g/mol. The molecule has 6 heteroatoms. The summed E-state index contributed by atoms with van der Waals surface area (Å²) in [6.07, 6.45) is 4.98. The number of nitrogens with zero attached hydrogens (tertiary/aromatic N) is 3. The molecule has 0 aliphatic carbocycles. The molecule has 0 atom stereocenters. The standard InChI is InChI=1S/C11H12ClN3O2/c1-14(6-8-5-13-15(2)7-8)11(16)9-3-4-17-10(9)12/h3-5,7H,6H2,1-2H3. The quantitative estimate of drug-likeness (QED) is 0.840. The van der Waals surface area contributed by atoms with Crippen molar-refractivity contribution in [2.45, 2.75) is 6.54 Å². The van der Waals surface area contributed by atoms with Crippen molar-refractivity contribution < 1.29 is 9.21 Å². The van der Waals surface area contributed by atoms with Crippen molar-refractivity contribution in [3.8, 4) is 0 Å². The van der Waals surface area contributed by atoms with E-state index in [0.717, 1.165) is 5.56 Å². The predicted octanol–water partition coefficient (Wildman–Crippen LogP) is 1.94. The van der Waals surface area contributed by atoms with Gasteiger partial charge in [-0.2, -0.15) is 5.10 Å². The van der Waals surface area contributed by atoms with Crippen LogP contribution in [0.1, 0.15) is 15.9 Å². The molecule has 2 aromatic heterocycles. The molecule has 5 nitrogen and oxygen atoms in total. The summed E-state index contributed by atoms with van der Waals surface area (Å²) >= 11 is 5.76. The molecular formula is C11H12ClN3O2. The predicted molar refractivity (Wildman–Crippen MR) is 62.7 cm³/mol. The number of hydrogen-bond donors (Lipinski definition) is 0. The van der Waals surface area contributed by atoms with E-state index in [9.17, 15) is 4.79 Å². The molecule has 0 aromatic carbocycles. The monoisotopic (exact) mass is 253 g/mol. The Kier molecular flexibility index (Phi) is 3.19. The lowest BCUT2D eigenvalue weighted by molar-refractivity contribution is 0.0784. The maximum atomic E-state index is 12.0. The minimum absolute atomic E-state index is 0.119. The van der Waals surface area contributed by atoms with E-state index in [1.54, 1.807) is 28.9 Å². The van der Waals surface area contributed by atoms with Crippen LogP contribution in [0.3, 0.4) is 0 Å². The van der Waals surface area contributed by atoms with Crippen molar-refractivity contribution in [2.24, 2.45) is 7.05 Å². The van der Waals surface area contributed by atoms with E-state index in [4.69, 9.17) is 16.0 Å². The molecule has 0 aliphatic rings. The van der Waals surface area contributed by atoms with Gasteiger partial charge in [0.1, 0.15) is 0 Å². The summed E-state index contributed by atoms with van der Waals surface area (Å²) in [5.74, 6) is -0.174. The van der Waals surface area contributed by atoms with Crippen LogP contribution >= 0.6 is 11.6 Å². The third-order valence-electron chi connectivity index (χ3n) is 2.37. The van der Waals surface area contributed by atoms with Gasteiger partial charge in [-0.25, -0.2) is 0 Å². The number of aryl methyl sites for hydroxylation is 1. The first-order valence-electron chi connectivity index (χ1n) is 5.04. The minimum atomic E-state index is -0.174. The summed E-state index contributed by atoms with van der Waals surface area (Å²) in [5, 5.41) is 4.16. The average Bonchev–Trinajstić information content (AvgIpc) is 2.86. The average molecular weight is 254 g/mol. The number of amides is 1. The summed E-state index contributed by atoms with van der Waals surface area (Å²) in [6, 6.07) is 1.56. The van der Waals surface area contributed by atoms with Crippen LogP contribution < -0.4 is 0 Å². The zero-order valence-electron chi connectivity index (χ0n) is 9.55. The largest absolute Gasteiger partial charge is 0.452 e. The van der Waals surface area contributed by atoms with Crippen LogP contribution in [-0.4, -0.2) is 27.6 Å². The van der Waals surface area contributed by atoms with Gasteiger partial charge in [0.25, 0.3) is 5.91 Å². The second kappa shape index (κ2) is 4.63. The van der Waals surface area contributed by atoms with Gasteiger partial charge in [0, 0.05) is 32.4 Å². The molecule has 0 saturated heterocycles. The van der Waals surface area contributed by atoms with Crippen molar-refractivity contribution in [3.05, 3.63) is 41.1 Å². The number of furan rings is 1. The smallest absolute Gasteiger partial charge is 0.258 e. The maximum Gasteiger partial charge on any atom is 0.258 e. The molecule has 2 heterocycles. The molecule has 1 amide bonds. The number of hydrogen-bond acceptors (Lipinski definition) is 3. The molecule has 2 aromatic rings. The first-order valence-corrected chi connectivity index (χ1v) is 5.41. The van der Waals surface area contributed by atoms with Gasteiger partial charge in [0.15, 0.2) is 0 Å². The maximum absolute atomic E-state index is 12.0. The SMILES string of the molecule is CN(Cc1cnn(C)c1)C(=O)c1ccoc1Cl. The van der Waals surface area contributed by atoms with Crippen molar-refractivity contribution in [2.75, 3.05) is 7.05 Å². The van der Waals surface area contributed by atoms with Crippen LogP contribution in [0.2, 0.25) is 5.22 Å². The van der Waals surface area contributed by atoms with Gasteiger partial charge >= 0.3 is 0 Å². The summed E-state index contributed by atoms with van der Waals surface area (Å²) in [6.45, 7) is 0.480. The van der Waals surface area contributed by atoms with E-state index in [1.165, 1.54) is 6.26 Å². The first kappa shape index (κ1) is 11.7. The fourth-order valence-electron chi connectivity index (χ4n) is 1.55. The highest BCUT2D eigenvalue weighted by atomic mass is 35.5. The Balaban J connectivity index is 2.08. The minimum Gasteiger partial charge on any atom is -0.452 e. The van der Waals surface area contributed by atoms with Crippen molar-refractivity contribution >= 4 is 17.5 Å². The second-order valence-corrected chi connectivity index (χ2v) is 4.13. The molecule has 0 radical (unpaired) electrons. The van der Waals surface area contributed by atoms with E-state index in [2.05, 4.69) is 5.10 Å². The van der Waals surface area contributed by atoms with Gasteiger partial charge in [-0.3, -0.25) is 9.48 Å². The molecule has 0 aliphatic heterocycles. The molecule has 0 bridgehead atoms. The van der Waals surface area contributed by atoms with Crippen molar-refractivity contribution in [3.63, 3.8) is 0 Å². The van der Waals surface area contributed by atoms with E-state index in [-0.39, 0.29) is 11.1 Å². The Hall–Kier alpha value is -1.75. The Morgan fingerprint density at radius 1 is 1.65 bits per heavy atom. The number of carbonyl (C=O) groups excluding carboxylic acids is 1. The van der Waals surface area contributed by atoms with Crippen LogP contribution in [0.5, 0.6) is 0 Å². The topological polar surface area (TPSA) is 51.3 Å². The van der Waals surface area contributed by atoms with Crippen LogP contribution in [0.4, 0.5) is 0 Å². The Morgan fingerprint density at radius 3 is 2.94 bits per heavy atom. The van der Waals surface area contributed by atoms with Gasteiger partial charge in [0.05, 0.1) is 18.0 Å². The zero-order chi connectivity index (χ0) is 12.4. The molecule has 90 valence electrons. The molecule has 0 unspecified atom stereocenters. The van der Waals surface area contributed by atoms with E-state index in [1.807, 2.05) is 13.2 Å². The van der Waals surface area contributed by atoms with Gasteiger partial charge in [-0.05, 0) is 17.7 Å². The lowest BCUT2D eigenvalue weighted by atomic mass is 10.2. The van der Waals surface area contributed by atoms with Crippen LogP contribution in [0, 0.1) is 0 Å². The molecule has 0 fully saturated rings. The third kappa shape index (κ3) is 2.50. The van der Waals surface area contributed by atoms with Gasteiger partial charge in [-0.1, -0.05) is 0 Å². The lowest BCUT2D eigenvalue weighted by Gasteiger charge is -2.15. The van der Waals surface area contributed by atoms with Gasteiger partial charge < -0.3 is 9.32 Å². The van der Waals surface area contributed by atoms with Crippen molar-refractivity contribution in [1.29, 1.82) is 0 Å². The second-order valence-electron chi connectivity index (χ2n) is 3.79. The number of aromatic nitrogens is 2. The van der Waals surface area contributed by atoms with Gasteiger partial charge in [0.2, 0.25) is 5.22 Å². The lowest BCUT2D eigenvalue weighted by Crippen LogP contribution is -2.25. The van der Waals surface area contributed by atoms with Crippen LogP contribution in [-0.2, 0) is 13.6 Å². The highest BCUT2D eigenvalue weighted by Crippen LogP contribution is 2.18. The summed E-state index contributed by atoms with van der Waals surface area (Å²) in [4.78, 5) is 13.6. The van der Waals surface area contributed by atoms with E-state index >= 15 is 0 Å². The molecule has 0 saturated carbocycles. The summed E-state index contributed by atoms with van der Waals surface area (Å²) in [7, 11) is 3.54. The Morgan fingerprint density at radius 2 is 2.41 bits per heavy atom. The molecule has 2 rings (SSSR count). The summed E-state index contributed by atoms with van der Waals surface area (Å²) in [5.41, 5.74) is 1.33. The Labute approximate surface area is 104 Å².